The zero-order valence-corrected chi connectivity index (χ0v) is 7.14. The van der Waals surface area contributed by atoms with Gasteiger partial charge in [-0.1, -0.05) is 0 Å². The summed E-state index contributed by atoms with van der Waals surface area (Å²) in [6.07, 6.45) is -4.66. The van der Waals surface area contributed by atoms with Crippen LogP contribution in [0.5, 0.6) is 0 Å². The third kappa shape index (κ3) is 4.91. The molecule has 0 saturated carbocycles. The number of hydrogen-bond donors (Lipinski definition) is 2. The van der Waals surface area contributed by atoms with Crippen LogP contribution >= 0.6 is 11.6 Å². The Labute approximate surface area is 77.0 Å². The van der Waals surface area contributed by atoms with Gasteiger partial charge in [0.1, 0.15) is 12.6 Å². The number of hydrogen-bond acceptors (Lipinski definition) is 3. The summed E-state index contributed by atoms with van der Waals surface area (Å²) in [4.78, 5) is 10.7. The zero-order chi connectivity index (χ0) is 10.6. The fraction of sp³-hybridized carbons (Fsp3) is 0.800. The van der Waals surface area contributed by atoms with E-state index < -0.39 is 29.7 Å². The lowest BCUT2D eigenvalue weighted by atomic mass is 10.3. The fourth-order valence-corrected chi connectivity index (χ4v) is 0.637. The highest BCUT2D eigenvalue weighted by Gasteiger charge is 2.33. The first-order chi connectivity index (χ1) is 5.78. The highest BCUT2D eigenvalue weighted by Crippen LogP contribution is 2.15. The van der Waals surface area contributed by atoms with Crippen molar-refractivity contribution < 1.29 is 23.2 Å². The third-order valence-electron chi connectivity index (χ3n) is 1.07. The predicted molar refractivity (Wildman–Crippen MR) is 38.2 cm³/mol. The van der Waals surface area contributed by atoms with Crippen LogP contribution in [-0.2, 0) is 4.79 Å². The normalized spacial score (nSPS) is 14.0. The molecule has 1 atom stereocenters. The second-order valence-electron chi connectivity index (χ2n) is 2.27. The van der Waals surface area contributed by atoms with Crippen LogP contribution in [0.25, 0.3) is 0 Å². The van der Waals surface area contributed by atoms with Crippen LogP contribution < -0.4 is 5.73 Å². The number of amides is 1. The van der Waals surface area contributed by atoms with Gasteiger partial charge >= 0.3 is 6.18 Å². The van der Waals surface area contributed by atoms with Crippen LogP contribution in [0.1, 0.15) is 0 Å². The third-order valence-corrected chi connectivity index (χ3v) is 1.40. The summed E-state index contributed by atoms with van der Waals surface area (Å²) in [5, 5.41) is 8.09. The van der Waals surface area contributed by atoms with Crippen molar-refractivity contribution in [2.45, 2.75) is 12.2 Å². The van der Waals surface area contributed by atoms with Gasteiger partial charge in [0.2, 0.25) is 0 Å². The van der Waals surface area contributed by atoms with Crippen LogP contribution in [0.4, 0.5) is 13.2 Å². The predicted octanol–water partition coefficient (Wildman–Crippen LogP) is 0.333. The minimum Gasteiger partial charge on any atom is -0.319 e. The van der Waals surface area contributed by atoms with Crippen molar-refractivity contribution in [3.05, 3.63) is 0 Å². The van der Waals surface area contributed by atoms with E-state index in [-0.39, 0.29) is 5.88 Å². The van der Waals surface area contributed by atoms with E-state index in [0.717, 1.165) is 0 Å². The molecule has 0 aliphatic heterocycles. The van der Waals surface area contributed by atoms with Crippen LogP contribution in [0.2, 0.25) is 0 Å². The Morgan fingerprint density at radius 3 is 2.38 bits per heavy atom. The number of nitrogens with two attached hydrogens (primary N) is 1. The lowest BCUT2D eigenvalue weighted by Gasteiger charge is -2.18. The molecule has 0 rings (SSSR count). The topological polar surface area (TPSA) is 66.6 Å². The lowest BCUT2D eigenvalue weighted by Crippen LogP contribution is -2.46. The van der Waals surface area contributed by atoms with Gasteiger partial charge in [-0.2, -0.15) is 13.2 Å². The summed E-state index contributed by atoms with van der Waals surface area (Å²) in [6, 6.07) is -1.32. The fourth-order valence-electron chi connectivity index (χ4n) is 0.505. The minimum atomic E-state index is -4.66. The molecule has 0 bridgehead atoms. The average molecular weight is 221 g/mol. The minimum absolute atomic E-state index is 0.353. The Bertz CT molecular complexity index is 187. The van der Waals surface area contributed by atoms with Crippen molar-refractivity contribution in [3.63, 3.8) is 0 Å². The van der Waals surface area contributed by atoms with E-state index in [1.165, 1.54) is 0 Å². The summed E-state index contributed by atoms with van der Waals surface area (Å²) < 4.78 is 34.8. The van der Waals surface area contributed by atoms with Crippen molar-refractivity contribution in [1.82, 2.24) is 5.06 Å². The first-order valence-electron chi connectivity index (χ1n) is 3.16. The Hall–Kier alpha value is -0.530. The number of carbonyl (C=O) groups excluding carboxylic acids is 1. The molecule has 0 aromatic carbocycles. The Morgan fingerprint density at radius 1 is 1.62 bits per heavy atom. The molecule has 0 aromatic rings. The van der Waals surface area contributed by atoms with Crippen LogP contribution in [0, 0.1) is 0 Å². The molecular weight excluding hydrogens is 213 g/mol. The standard InChI is InChI=1S/C5H8ClF3N2O2/c6-1-3(10)4(12)11(13)2-5(7,8)9/h3,13H,1-2,10H2/t3-/m1/s1. The van der Waals surface area contributed by atoms with Crippen LogP contribution in [0.3, 0.4) is 0 Å². The Kier molecular flexibility index (Phi) is 4.45. The second kappa shape index (κ2) is 4.64. The number of halogens is 4. The van der Waals surface area contributed by atoms with Crippen molar-refractivity contribution in [1.29, 1.82) is 0 Å². The molecule has 0 radical (unpaired) electrons. The number of alkyl halides is 4. The van der Waals surface area contributed by atoms with Gasteiger partial charge in [-0.3, -0.25) is 10.0 Å². The molecule has 0 aromatic heterocycles. The number of rotatable bonds is 3. The van der Waals surface area contributed by atoms with E-state index >= 15 is 0 Å². The molecule has 13 heavy (non-hydrogen) atoms. The number of hydroxylamine groups is 2. The summed E-state index contributed by atoms with van der Waals surface area (Å²) in [6.45, 7) is -1.75. The molecule has 78 valence electrons. The van der Waals surface area contributed by atoms with Gasteiger partial charge < -0.3 is 5.73 Å². The maximum Gasteiger partial charge on any atom is 0.408 e. The highest BCUT2D eigenvalue weighted by atomic mass is 35.5. The van der Waals surface area contributed by atoms with Gasteiger partial charge in [-0.25, -0.2) is 5.06 Å². The van der Waals surface area contributed by atoms with Crippen LogP contribution in [-0.4, -0.2) is 40.8 Å². The molecule has 1 amide bonds. The van der Waals surface area contributed by atoms with Gasteiger partial charge in [0.25, 0.3) is 5.91 Å². The van der Waals surface area contributed by atoms with Crippen molar-refractivity contribution in [2.75, 3.05) is 12.4 Å². The maximum atomic E-state index is 11.6. The average Bonchev–Trinajstić information content (AvgIpc) is 1.98. The molecule has 3 N–H and O–H groups in total. The quantitative estimate of drug-likeness (QED) is 0.409. The lowest BCUT2D eigenvalue weighted by molar-refractivity contribution is -0.213. The number of nitrogens with zero attached hydrogens (tertiary/aromatic N) is 1. The molecule has 0 heterocycles. The zero-order valence-electron chi connectivity index (χ0n) is 6.38. The van der Waals surface area contributed by atoms with E-state index in [1.54, 1.807) is 0 Å². The van der Waals surface area contributed by atoms with Crippen molar-refractivity contribution in [2.24, 2.45) is 5.73 Å². The first kappa shape index (κ1) is 12.5. The first-order valence-corrected chi connectivity index (χ1v) is 3.70. The Balaban J connectivity index is 4.12. The largest absolute Gasteiger partial charge is 0.408 e. The summed E-state index contributed by atoms with van der Waals surface area (Å²) in [5.41, 5.74) is 4.99. The van der Waals surface area contributed by atoms with E-state index in [0.29, 0.717) is 0 Å². The molecule has 8 heteroatoms. The number of carbonyl (C=O) groups is 1. The van der Waals surface area contributed by atoms with Gasteiger partial charge in [-0.05, 0) is 0 Å². The van der Waals surface area contributed by atoms with E-state index in [4.69, 9.17) is 22.5 Å². The van der Waals surface area contributed by atoms with Crippen LogP contribution in [0.15, 0.2) is 0 Å². The summed E-state index contributed by atoms with van der Waals surface area (Å²) in [7, 11) is 0. The van der Waals surface area contributed by atoms with Crippen molar-refractivity contribution in [3.8, 4) is 0 Å². The second-order valence-corrected chi connectivity index (χ2v) is 2.58. The van der Waals surface area contributed by atoms with Crippen molar-refractivity contribution >= 4 is 17.5 Å². The summed E-state index contributed by atoms with van der Waals surface area (Å²) in [5.74, 6) is -1.61. The maximum absolute atomic E-state index is 11.6. The van der Waals surface area contributed by atoms with E-state index in [9.17, 15) is 18.0 Å². The van der Waals surface area contributed by atoms with Gasteiger partial charge in [0.15, 0.2) is 0 Å². The van der Waals surface area contributed by atoms with E-state index in [2.05, 4.69) is 0 Å². The van der Waals surface area contributed by atoms with Gasteiger partial charge in [0.05, 0.1) is 0 Å². The molecule has 0 saturated heterocycles. The van der Waals surface area contributed by atoms with Gasteiger partial charge in [0, 0.05) is 5.88 Å². The molecule has 4 nitrogen and oxygen atoms in total. The molecule has 0 aliphatic rings. The molecule has 0 aliphatic carbocycles. The smallest absolute Gasteiger partial charge is 0.319 e. The monoisotopic (exact) mass is 220 g/mol. The highest BCUT2D eigenvalue weighted by molar-refractivity contribution is 6.19. The van der Waals surface area contributed by atoms with E-state index in [1.807, 2.05) is 0 Å². The summed E-state index contributed by atoms with van der Waals surface area (Å²) >= 11 is 5.10. The Morgan fingerprint density at radius 2 is 2.08 bits per heavy atom. The van der Waals surface area contributed by atoms with Gasteiger partial charge in [-0.15, -0.1) is 11.6 Å². The molecule has 0 unspecified atom stereocenters. The molecule has 0 spiro atoms. The SMILES string of the molecule is N[C@H](CCl)C(=O)N(O)CC(F)(F)F. The molecular formula is C5H8ClF3N2O2. The molecule has 0 fully saturated rings.